The molecule has 0 saturated carbocycles. The number of halogens is 3. The zero-order valence-corrected chi connectivity index (χ0v) is 22.2. The highest BCUT2D eigenvalue weighted by Gasteiger charge is 2.30. The molecule has 1 aromatic carbocycles. The number of alkyl halides is 3. The number of nitriles is 1. The Labute approximate surface area is 222 Å². The van der Waals surface area contributed by atoms with Gasteiger partial charge in [0.25, 0.3) is 0 Å². The van der Waals surface area contributed by atoms with Crippen LogP contribution < -0.4 is 5.32 Å². The first kappa shape index (κ1) is 27.5. The second-order valence-corrected chi connectivity index (χ2v) is 10.8. The molecule has 0 radical (unpaired) electrons. The number of aromatic nitrogens is 2. The lowest BCUT2D eigenvalue weighted by molar-refractivity contribution is -0.127. The van der Waals surface area contributed by atoms with Crippen molar-refractivity contribution in [3.63, 3.8) is 0 Å². The highest BCUT2D eigenvalue weighted by atomic mass is 19.4. The number of rotatable bonds is 7. The van der Waals surface area contributed by atoms with Crippen molar-refractivity contribution in [2.24, 2.45) is 5.92 Å². The van der Waals surface area contributed by atoms with Gasteiger partial charge in [0.05, 0.1) is 47.7 Å². The molecule has 0 unspecified atom stereocenters. The zero-order chi connectivity index (χ0) is 27.3. The SMILES string of the molecule is CN1CCC(CCc2ccc3c(CC(F)(F)F)c(C#CCNc4ccc(C(C)(C)C#N)nc4)[nH]c3c2)CC1. The predicted octanol–water partition coefficient (Wildman–Crippen LogP) is 6.21. The van der Waals surface area contributed by atoms with Crippen LogP contribution in [-0.4, -0.2) is 47.7 Å². The van der Waals surface area contributed by atoms with E-state index in [-0.39, 0.29) is 12.1 Å². The first-order valence-corrected chi connectivity index (χ1v) is 13.0. The van der Waals surface area contributed by atoms with Crippen molar-refractivity contribution in [1.82, 2.24) is 14.9 Å². The molecule has 1 aliphatic rings. The summed E-state index contributed by atoms with van der Waals surface area (Å²) in [4.78, 5) is 9.83. The third kappa shape index (κ3) is 7.08. The number of aromatic amines is 1. The smallest absolute Gasteiger partial charge is 0.373 e. The molecule has 3 heterocycles. The number of anilines is 1. The van der Waals surface area contributed by atoms with Crippen LogP contribution in [0, 0.1) is 29.1 Å². The topological polar surface area (TPSA) is 67.7 Å². The van der Waals surface area contributed by atoms with Crippen LogP contribution in [0.5, 0.6) is 0 Å². The fraction of sp³-hybridized carbons (Fsp3) is 0.467. The molecule has 1 aliphatic heterocycles. The highest BCUT2D eigenvalue weighted by Crippen LogP contribution is 2.31. The van der Waals surface area contributed by atoms with E-state index in [1.807, 2.05) is 18.2 Å². The van der Waals surface area contributed by atoms with Crippen LogP contribution in [0.4, 0.5) is 18.9 Å². The molecule has 1 fully saturated rings. The van der Waals surface area contributed by atoms with Crippen LogP contribution in [0.25, 0.3) is 10.9 Å². The maximum atomic E-state index is 13.4. The van der Waals surface area contributed by atoms with Gasteiger partial charge in [-0.2, -0.15) is 18.4 Å². The van der Waals surface area contributed by atoms with Crippen molar-refractivity contribution in [3.8, 4) is 17.9 Å². The molecule has 5 nitrogen and oxygen atoms in total. The number of fused-ring (bicyclic) bond motifs is 1. The Bertz CT molecular complexity index is 1350. The van der Waals surface area contributed by atoms with E-state index in [1.165, 1.54) is 12.8 Å². The number of likely N-dealkylation sites (tertiary alicyclic amines) is 1. The van der Waals surface area contributed by atoms with Gasteiger partial charge < -0.3 is 15.2 Å². The van der Waals surface area contributed by atoms with Gasteiger partial charge in [-0.05, 0) is 95.3 Å². The molecule has 0 spiro atoms. The predicted molar refractivity (Wildman–Crippen MR) is 145 cm³/mol. The van der Waals surface area contributed by atoms with Gasteiger partial charge in [0, 0.05) is 16.5 Å². The number of aryl methyl sites for hydroxylation is 1. The Morgan fingerprint density at radius 3 is 2.58 bits per heavy atom. The summed E-state index contributed by atoms with van der Waals surface area (Å²) < 4.78 is 40.2. The van der Waals surface area contributed by atoms with Crippen LogP contribution in [0.1, 0.15) is 55.6 Å². The minimum Gasteiger partial charge on any atom is -0.373 e. The largest absolute Gasteiger partial charge is 0.393 e. The third-order valence-corrected chi connectivity index (χ3v) is 7.30. The summed E-state index contributed by atoms with van der Waals surface area (Å²) in [5.74, 6) is 6.55. The van der Waals surface area contributed by atoms with E-state index in [0.717, 1.165) is 37.2 Å². The number of nitrogens with zero attached hydrogens (tertiary/aromatic N) is 3. The molecule has 3 aromatic rings. The van der Waals surface area contributed by atoms with E-state index in [4.69, 9.17) is 0 Å². The first-order valence-electron chi connectivity index (χ1n) is 13.0. The van der Waals surface area contributed by atoms with Crippen molar-refractivity contribution < 1.29 is 13.2 Å². The number of H-pyrrole nitrogens is 1. The van der Waals surface area contributed by atoms with Gasteiger partial charge in [0.2, 0.25) is 0 Å². The Morgan fingerprint density at radius 1 is 1.16 bits per heavy atom. The summed E-state index contributed by atoms with van der Waals surface area (Å²) >= 11 is 0. The quantitative estimate of drug-likeness (QED) is 0.363. The normalized spacial score (nSPS) is 15.2. The monoisotopic (exact) mass is 521 g/mol. The van der Waals surface area contributed by atoms with E-state index in [2.05, 4.69) is 45.1 Å². The summed E-state index contributed by atoms with van der Waals surface area (Å²) in [6, 6.07) is 11.5. The lowest BCUT2D eigenvalue weighted by Gasteiger charge is -2.28. The number of hydrogen-bond acceptors (Lipinski definition) is 4. The average molecular weight is 522 g/mol. The zero-order valence-electron chi connectivity index (χ0n) is 22.2. The van der Waals surface area contributed by atoms with E-state index in [0.29, 0.717) is 28.2 Å². The molecule has 8 heteroatoms. The van der Waals surface area contributed by atoms with Gasteiger partial charge >= 0.3 is 6.18 Å². The molecule has 2 N–H and O–H groups in total. The molecule has 0 atom stereocenters. The lowest BCUT2D eigenvalue weighted by Crippen LogP contribution is -2.30. The van der Waals surface area contributed by atoms with Gasteiger partial charge in [0.1, 0.15) is 0 Å². The van der Waals surface area contributed by atoms with Crippen LogP contribution in [0.2, 0.25) is 0 Å². The minimum absolute atomic E-state index is 0.187. The van der Waals surface area contributed by atoms with Crippen LogP contribution in [0.15, 0.2) is 36.5 Å². The lowest BCUT2D eigenvalue weighted by atomic mass is 9.90. The first-order chi connectivity index (χ1) is 18.0. The van der Waals surface area contributed by atoms with Gasteiger partial charge in [-0.1, -0.05) is 18.1 Å². The van der Waals surface area contributed by atoms with Crippen molar-refractivity contribution in [3.05, 3.63) is 59.0 Å². The number of hydrogen-bond donors (Lipinski definition) is 2. The second-order valence-electron chi connectivity index (χ2n) is 10.8. The molecule has 1 saturated heterocycles. The molecule has 200 valence electrons. The van der Waals surface area contributed by atoms with Crippen LogP contribution in [0.3, 0.4) is 0 Å². The second kappa shape index (κ2) is 11.5. The summed E-state index contributed by atoms with van der Waals surface area (Å²) in [5.41, 5.74) is 3.02. The van der Waals surface area contributed by atoms with Crippen LogP contribution in [-0.2, 0) is 18.3 Å². The standard InChI is InChI=1S/C30H34F3N5/c1-29(2,20-34)28-11-9-23(19-36-28)35-14-4-5-26-25(18-30(31,32)33)24-10-8-22(17-27(24)37-26)7-6-21-12-15-38(3)16-13-21/h8-11,17,19,21,35,37H,6-7,12-16,18H2,1-3H3. The molecule has 38 heavy (non-hydrogen) atoms. The fourth-order valence-corrected chi connectivity index (χ4v) is 4.87. The Morgan fingerprint density at radius 2 is 1.92 bits per heavy atom. The maximum Gasteiger partial charge on any atom is 0.393 e. The molecule has 0 amide bonds. The Hall–Kier alpha value is -3.49. The van der Waals surface area contributed by atoms with Gasteiger partial charge in [-0.15, -0.1) is 0 Å². The summed E-state index contributed by atoms with van der Waals surface area (Å²) in [5, 5.41) is 12.9. The van der Waals surface area contributed by atoms with Crippen molar-refractivity contribution in [2.45, 2.75) is 57.5 Å². The number of nitrogens with one attached hydrogen (secondary N) is 2. The van der Waals surface area contributed by atoms with Crippen molar-refractivity contribution in [2.75, 3.05) is 32.0 Å². The average Bonchev–Trinajstić information content (AvgIpc) is 3.21. The van der Waals surface area contributed by atoms with E-state index < -0.39 is 18.0 Å². The third-order valence-electron chi connectivity index (χ3n) is 7.30. The number of pyridine rings is 1. The molecule has 4 rings (SSSR count). The Kier molecular flexibility index (Phi) is 8.33. The number of benzene rings is 1. The van der Waals surface area contributed by atoms with Gasteiger partial charge in [-0.25, -0.2) is 0 Å². The maximum absolute atomic E-state index is 13.4. The Balaban J connectivity index is 1.47. The fourth-order valence-electron chi connectivity index (χ4n) is 4.87. The van der Waals surface area contributed by atoms with Gasteiger partial charge in [-0.3, -0.25) is 4.98 Å². The summed E-state index contributed by atoms with van der Waals surface area (Å²) in [6.45, 7) is 6.08. The molecule has 2 aromatic heterocycles. The highest BCUT2D eigenvalue weighted by molar-refractivity contribution is 5.86. The van der Waals surface area contributed by atoms with Crippen molar-refractivity contribution >= 4 is 16.6 Å². The summed E-state index contributed by atoms with van der Waals surface area (Å²) in [7, 11) is 2.15. The van der Waals surface area contributed by atoms with E-state index in [1.54, 1.807) is 32.2 Å². The summed E-state index contributed by atoms with van der Waals surface area (Å²) in [6.07, 6.45) is 0.673. The van der Waals surface area contributed by atoms with Crippen molar-refractivity contribution in [1.29, 1.82) is 5.26 Å². The van der Waals surface area contributed by atoms with Crippen LogP contribution >= 0.6 is 0 Å². The number of piperidine rings is 1. The van der Waals surface area contributed by atoms with Gasteiger partial charge in [0.15, 0.2) is 0 Å². The van der Waals surface area contributed by atoms with E-state index in [9.17, 15) is 18.4 Å². The molecular weight excluding hydrogens is 487 g/mol. The van der Waals surface area contributed by atoms with E-state index >= 15 is 0 Å². The molecule has 0 bridgehead atoms. The minimum atomic E-state index is -4.33. The molecular formula is C30H34F3N5. The molecule has 0 aliphatic carbocycles.